The molecule has 0 atom stereocenters. The van der Waals surface area contributed by atoms with Gasteiger partial charge >= 0.3 is 0 Å². The molecule has 18 heavy (non-hydrogen) atoms. The second-order valence-corrected chi connectivity index (χ2v) is 4.98. The summed E-state index contributed by atoms with van der Waals surface area (Å²) in [5.74, 6) is -0.103. The van der Waals surface area contributed by atoms with Gasteiger partial charge in [0.25, 0.3) is 0 Å². The molecule has 2 aromatic rings. The van der Waals surface area contributed by atoms with Crippen LogP contribution in [0.15, 0.2) is 24.3 Å². The Morgan fingerprint density at radius 1 is 1.28 bits per heavy atom. The maximum absolute atomic E-state index is 12.1. The molecular weight excluding hydrogens is 271 g/mol. The average Bonchev–Trinajstić information content (AvgIpc) is 2.61. The number of halogens is 2. The molecule has 5 heteroatoms. The third-order valence-electron chi connectivity index (χ3n) is 2.63. The predicted molar refractivity (Wildman–Crippen MR) is 72.5 cm³/mol. The van der Waals surface area contributed by atoms with Crippen LogP contribution in [0.25, 0.3) is 0 Å². The van der Waals surface area contributed by atoms with Crippen LogP contribution in [-0.4, -0.2) is 15.6 Å². The lowest BCUT2D eigenvalue weighted by Crippen LogP contribution is -2.13. The Hall–Kier alpha value is -1.32. The van der Waals surface area contributed by atoms with E-state index in [-0.39, 0.29) is 12.3 Å². The zero-order valence-corrected chi connectivity index (χ0v) is 11.6. The van der Waals surface area contributed by atoms with Gasteiger partial charge in [0.15, 0.2) is 5.78 Å². The predicted octanol–water partition coefficient (Wildman–Crippen LogP) is 3.69. The Kier molecular flexibility index (Phi) is 3.73. The van der Waals surface area contributed by atoms with Crippen LogP contribution in [0.5, 0.6) is 0 Å². The smallest absolute Gasteiger partial charge is 0.185 e. The molecule has 0 N–H and O–H groups in total. The number of hydrogen-bond acceptors (Lipinski definition) is 2. The van der Waals surface area contributed by atoms with Gasteiger partial charge in [0.05, 0.1) is 10.7 Å². The Balaban J connectivity index is 2.27. The van der Waals surface area contributed by atoms with Gasteiger partial charge in [-0.2, -0.15) is 5.10 Å². The zero-order valence-electron chi connectivity index (χ0n) is 10.1. The molecule has 0 radical (unpaired) electrons. The highest BCUT2D eigenvalue weighted by Gasteiger charge is 2.13. The van der Waals surface area contributed by atoms with Crippen molar-refractivity contribution in [1.29, 1.82) is 0 Å². The van der Waals surface area contributed by atoms with Crippen molar-refractivity contribution in [2.24, 2.45) is 0 Å². The minimum absolute atomic E-state index is 0.103. The van der Waals surface area contributed by atoms with Crippen LogP contribution in [0.1, 0.15) is 21.7 Å². The minimum Gasteiger partial charge on any atom is -0.292 e. The molecule has 0 aliphatic rings. The molecule has 0 bridgehead atoms. The number of hydrogen-bond donors (Lipinski definition) is 0. The highest BCUT2D eigenvalue weighted by Crippen LogP contribution is 2.21. The Morgan fingerprint density at radius 2 is 2.00 bits per heavy atom. The van der Waals surface area contributed by atoms with E-state index in [0.717, 1.165) is 11.4 Å². The third-order valence-corrected chi connectivity index (χ3v) is 3.19. The first kappa shape index (κ1) is 13.1. The number of carbonyl (C=O) groups excluding carboxylic acids is 1. The number of aryl methyl sites for hydroxylation is 2. The van der Waals surface area contributed by atoms with Gasteiger partial charge in [0.1, 0.15) is 6.54 Å². The maximum atomic E-state index is 12.1. The van der Waals surface area contributed by atoms with Crippen molar-refractivity contribution in [2.45, 2.75) is 20.4 Å². The zero-order chi connectivity index (χ0) is 13.3. The normalized spacial score (nSPS) is 10.7. The standard InChI is InChI=1S/C13H12Cl2N2O/c1-8-5-9(2)17(16-8)7-13(18)11-6-10(14)3-4-12(11)15/h3-6H,7H2,1-2H3. The van der Waals surface area contributed by atoms with Crippen LogP contribution in [0, 0.1) is 13.8 Å². The van der Waals surface area contributed by atoms with E-state index in [0.29, 0.717) is 15.6 Å². The van der Waals surface area contributed by atoms with Crippen LogP contribution in [0.3, 0.4) is 0 Å². The SMILES string of the molecule is Cc1cc(C)n(CC(=O)c2cc(Cl)ccc2Cl)n1. The van der Waals surface area contributed by atoms with Crippen molar-refractivity contribution in [2.75, 3.05) is 0 Å². The lowest BCUT2D eigenvalue weighted by Gasteiger charge is -2.06. The Bertz CT molecular complexity index is 605. The molecule has 0 aliphatic heterocycles. The van der Waals surface area contributed by atoms with Crippen LogP contribution in [0.4, 0.5) is 0 Å². The van der Waals surface area contributed by atoms with Crippen LogP contribution in [-0.2, 0) is 6.54 Å². The molecule has 1 aromatic carbocycles. The number of ketones is 1. The molecule has 3 nitrogen and oxygen atoms in total. The second kappa shape index (κ2) is 5.12. The van der Waals surface area contributed by atoms with E-state index in [1.807, 2.05) is 19.9 Å². The van der Waals surface area contributed by atoms with E-state index in [2.05, 4.69) is 5.10 Å². The van der Waals surface area contributed by atoms with Gasteiger partial charge in [-0.15, -0.1) is 0 Å². The van der Waals surface area contributed by atoms with Crippen molar-refractivity contribution in [3.05, 3.63) is 51.3 Å². The summed E-state index contributed by atoms with van der Waals surface area (Å²) in [6, 6.07) is 6.78. The summed E-state index contributed by atoms with van der Waals surface area (Å²) in [6.45, 7) is 3.97. The van der Waals surface area contributed by atoms with Gasteiger partial charge in [0.2, 0.25) is 0 Å². The molecular formula is C13H12Cl2N2O. The average molecular weight is 283 g/mol. The first-order valence-corrected chi connectivity index (χ1v) is 6.22. The minimum atomic E-state index is -0.103. The molecule has 0 spiro atoms. The fourth-order valence-corrected chi connectivity index (χ4v) is 2.16. The van der Waals surface area contributed by atoms with Crippen LogP contribution >= 0.6 is 23.2 Å². The quantitative estimate of drug-likeness (QED) is 0.805. The Morgan fingerprint density at radius 3 is 2.61 bits per heavy atom. The van der Waals surface area contributed by atoms with Gasteiger partial charge < -0.3 is 0 Å². The largest absolute Gasteiger partial charge is 0.292 e. The fraction of sp³-hybridized carbons (Fsp3) is 0.231. The lowest BCUT2D eigenvalue weighted by atomic mass is 10.1. The summed E-state index contributed by atoms with van der Waals surface area (Å²) in [7, 11) is 0. The molecule has 1 aromatic heterocycles. The van der Waals surface area contributed by atoms with Gasteiger partial charge in [-0.1, -0.05) is 23.2 Å². The summed E-state index contributed by atoms with van der Waals surface area (Å²) in [4.78, 5) is 12.1. The molecule has 0 amide bonds. The molecule has 0 saturated heterocycles. The molecule has 0 unspecified atom stereocenters. The summed E-state index contributed by atoms with van der Waals surface area (Å²) in [5, 5.41) is 5.15. The molecule has 94 valence electrons. The topological polar surface area (TPSA) is 34.9 Å². The summed E-state index contributed by atoms with van der Waals surface area (Å²) < 4.78 is 1.66. The molecule has 0 aliphatic carbocycles. The van der Waals surface area contributed by atoms with Gasteiger partial charge in [0, 0.05) is 16.3 Å². The molecule has 0 fully saturated rings. The van der Waals surface area contributed by atoms with E-state index in [9.17, 15) is 4.79 Å². The third kappa shape index (κ3) is 2.74. The monoisotopic (exact) mass is 282 g/mol. The first-order valence-electron chi connectivity index (χ1n) is 5.46. The number of Topliss-reactive ketones (excluding diaryl/α,β-unsaturated/α-hetero) is 1. The number of carbonyl (C=O) groups is 1. The van der Waals surface area contributed by atoms with Crippen molar-refractivity contribution < 1.29 is 4.79 Å². The maximum Gasteiger partial charge on any atom is 0.185 e. The number of rotatable bonds is 3. The summed E-state index contributed by atoms with van der Waals surface area (Å²) in [5.41, 5.74) is 2.26. The van der Waals surface area contributed by atoms with Gasteiger partial charge in [-0.05, 0) is 38.1 Å². The van der Waals surface area contributed by atoms with E-state index in [1.54, 1.807) is 22.9 Å². The molecule has 1 heterocycles. The second-order valence-electron chi connectivity index (χ2n) is 4.13. The van der Waals surface area contributed by atoms with Crippen LogP contribution in [0.2, 0.25) is 10.0 Å². The van der Waals surface area contributed by atoms with Crippen molar-refractivity contribution >= 4 is 29.0 Å². The van der Waals surface area contributed by atoms with Crippen molar-refractivity contribution in [3.8, 4) is 0 Å². The number of benzene rings is 1. The van der Waals surface area contributed by atoms with E-state index >= 15 is 0 Å². The van der Waals surface area contributed by atoms with Gasteiger partial charge in [-0.25, -0.2) is 0 Å². The van der Waals surface area contributed by atoms with E-state index in [4.69, 9.17) is 23.2 Å². The Labute approximate surface area is 115 Å². The van der Waals surface area contributed by atoms with Crippen molar-refractivity contribution in [3.63, 3.8) is 0 Å². The first-order chi connectivity index (χ1) is 8.47. The van der Waals surface area contributed by atoms with E-state index < -0.39 is 0 Å². The molecule has 2 rings (SSSR count). The number of aromatic nitrogens is 2. The van der Waals surface area contributed by atoms with E-state index in [1.165, 1.54) is 0 Å². The van der Waals surface area contributed by atoms with Crippen LogP contribution < -0.4 is 0 Å². The summed E-state index contributed by atoms with van der Waals surface area (Å²) in [6.07, 6.45) is 0. The highest BCUT2D eigenvalue weighted by atomic mass is 35.5. The lowest BCUT2D eigenvalue weighted by molar-refractivity contribution is 0.0967. The number of nitrogens with zero attached hydrogens (tertiary/aromatic N) is 2. The summed E-state index contributed by atoms with van der Waals surface area (Å²) >= 11 is 11.9. The molecule has 0 saturated carbocycles. The van der Waals surface area contributed by atoms with Gasteiger partial charge in [-0.3, -0.25) is 9.48 Å². The highest BCUT2D eigenvalue weighted by molar-refractivity contribution is 6.35. The fourth-order valence-electron chi connectivity index (χ4n) is 1.77. The van der Waals surface area contributed by atoms with Crippen molar-refractivity contribution in [1.82, 2.24) is 9.78 Å².